The van der Waals surface area contributed by atoms with Crippen molar-refractivity contribution in [2.24, 2.45) is 0 Å². The second-order valence-corrected chi connectivity index (χ2v) is 6.24. The lowest BCUT2D eigenvalue weighted by Crippen LogP contribution is -2.55. The van der Waals surface area contributed by atoms with Gasteiger partial charge in [-0.1, -0.05) is 12.1 Å². The van der Waals surface area contributed by atoms with Crippen LogP contribution in [0.1, 0.15) is 13.8 Å². The zero-order chi connectivity index (χ0) is 20.5. The summed E-state index contributed by atoms with van der Waals surface area (Å²) in [4.78, 5) is 39.5. The number of hydrogen-bond acceptors (Lipinski definition) is 6. The third-order valence-electron chi connectivity index (χ3n) is 4.29. The van der Waals surface area contributed by atoms with Gasteiger partial charge in [0, 0.05) is 26.2 Å². The zero-order valence-electron chi connectivity index (χ0n) is 16.5. The van der Waals surface area contributed by atoms with Crippen LogP contribution >= 0.6 is 0 Å². The Labute approximate surface area is 164 Å². The van der Waals surface area contributed by atoms with Crippen LogP contribution in [0.15, 0.2) is 24.3 Å². The first-order chi connectivity index (χ1) is 13.5. The molecular weight excluding hydrogens is 366 g/mol. The first-order valence-corrected chi connectivity index (χ1v) is 9.22. The van der Waals surface area contributed by atoms with E-state index in [0.717, 1.165) is 0 Å². The molecule has 28 heavy (non-hydrogen) atoms. The van der Waals surface area contributed by atoms with Gasteiger partial charge in [-0.25, -0.2) is 4.79 Å². The van der Waals surface area contributed by atoms with E-state index in [2.05, 4.69) is 5.32 Å². The van der Waals surface area contributed by atoms with Crippen molar-refractivity contribution in [1.82, 2.24) is 15.1 Å². The summed E-state index contributed by atoms with van der Waals surface area (Å²) in [7, 11) is 1.52. The highest BCUT2D eigenvalue weighted by Gasteiger charge is 2.28. The van der Waals surface area contributed by atoms with E-state index in [1.807, 2.05) is 0 Å². The van der Waals surface area contributed by atoms with E-state index in [4.69, 9.17) is 14.2 Å². The number of ether oxygens (including phenoxy) is 3. The number of nitrogens with zero attached hydrogens (tertiary/aromatic N) is 2. The molecule has 1 saturated heterocycles. The molecule has 0 aliphatic carbocycles. The zero-order valence-corrected chi connectivity index (χ0v) is 16.5. The largest absolute Gasteiger partial charge is 0.493 e. The van der Waals surface area contributed by atoms with Gasteiger partial charge in [-0.15, -0.1) is 0 Å². The van der Waals surface area contributed by atoms with Crippen molar-refractivity contribution < 1.29 is 28.6 Å². The number of carbonyl (C=O) groups excluding carboxylic acids is 3. The first-order valence-electron chi connectivity index (χ1n) is 9.22. The highest BCUT2D eigenvalue weighted by Crippen LogP contribution is 2.25. The maximum atomic E-state index is 12.5. The Morgan fingerprint density at radius 3 is 2.29 bits per heavy atom. The quantitative estimate of drug-likeness (QED) is 0.739. The number of para-hydroxylation sites is 2. The molecule has 154 valence electrons. The number of amides is 3. The predicted molar refractivity (Wildman–Crippen MR) is 101 cm³/mol. The second-order valence-electron chi connectivity index (χ2n) is 6.24. The monoisotopic (exact) mass is 393 g/mol. The predicted octanol–water partition coefficient (Wildman–Crippen LogP) is 0.879. The number of nitrogens with one attached hydrogen (secondary N) is 1. The summed E-state index contributed by atoms with van der Waals surface area (Å²) in [5.74, 6) is 0.374. The highest BCUT2D eigenvalue weighted by molar-refractivity contribution is 5.88. The van der Waals surface area contributed by atoms with Gasteiger partial charge in [0.15, 0.2) is 18.1 Å². The molecule has 2 rings (SSSR count). The molecule has 1 heterocycles. The number of benzene rings is 1. The van der Waals surface area contributed by atoms with E-state index in [1.165, 1.54) is 7.11 Å². The molecule has 1 aromatic carbocycles. The van der Waals surface area contributed by atoms with Crippen LogP contribution in [0, 0.1) is 0 Å². The molecule has 0 radical (unpaired) electrons. The van der Waals surface area contributed by atoms with Gasteiger partial charge in [-0.05, 0) is 26.0 Å². The van der Waals surface area contributed by atoms with E-state index in [-0.39, 0.29) is 18.6 Å². The molecular formula is C19H27N3O6. The standard InChI is InChI=1S/C19H27N3O6/c1-4-27-19(25)22-11-9-21(10-12-22)18(24)14(2)20-17(23)13-28-16-8-6-5-7-15(16)26-3/h5-8,14H,4,9-13H2,1-3H3,(H,20,23)/t14-/m0/s1. The smallest absolute Gasteiger partial charge is 0.409 e. The van der Waals surface area contributed by atoms with E-state index in [0.29, 0.717) is 44.3 Å². The van der Waals surface area contributed by atoms with Crippen molar-refractivity contribution in [1.29, 1.82) is 0 Å². The summed E-state index contributed by atoms with van der Waals surface area (Å²) in [5.41, 5.74) is 0. The molecule has 0 aromatic heterocycles. The van der Waals surface area contributed by atoms with Crippen molar-refractivity contribution in [2.45, 2.75) is 19.9 Å². The summed E-state index contributed by atoms with van der Waals surface area (Å²) in [6, 6.07) is 6.31. The molecule has 1 N–H and O–H groups in total. The lowest BCUT2D eigenvalue weighted by atomic mass is 10.2. The average molecular weight is 393 g/mol. The maximum Gasteiger partial charge on any atom is 0.409 e. The van der Waals surface area contributed by atoms with Crippen molar-refractivity contribution in [3.05, 3.63) is 24.3 Å². The van der Waals surface area contributed by atoms with Crippen LogP contribution in [-0.4, -0.2) is 80.3 Å². The molecule has 1 aromatic rings. The molecule has 9 heteroatoms. The van der Waals surface area contributed by atoms with Gasteiger partial charge in [0.05, 0.1) is 13.7 Å². The summed E-state index contributed by atoms with van der Waals surface area (Å²) in [5, 5.41) is 2.64. The molecule has 1 fully saturated rings. The van der Waals surface area contributed by atoms with Gasteiger partial charge in [-0.3, -0.25) is 9.59 Å². The maximum absolute atomic E-state index is 12.5. The van der Waals surface area contributed by atoms with Crippen molar-refractivity contribution >= 4 is 17.9 Å². The molecule has 1 atom stereocenters. The van der Waals surface area contributed by atoms with Gasteiger partial charge in [-0.2, -0.15) is 0 Å². The average Bonchev–Trinajstić information content (AvgIpc) is 2.72. The number of methoxy groups -OCH3 is 1. The van der Waals surface area contributed by atoms with Crippen molar-refractivity contribution in [3.8, 4) is 11.5 Å². The fourth-order valence-electron chi connectivity index (χ4n) is 2.82. The fraction of sp³-hybridized carbons (Fsp3) is 0.526. The minimum Gasteiger partial charge on any atom is -0.493 e. The van der Waals surface area contributed by atoms with Crippen LogP contribution in [0.25, 0.3) is 0 Å². The summed E-state index contributed by atoms with van der Waals surface area (Å²) < 4.78 is 15.6. The molecule has 1 aliphatic heterocycles. The Balaban J connectivity index is 1.77. The SMILES string of the molecule is CCOC(=O)N1CCN(C(=O)[C@H](C)NC(=O)COc2ccccc2OC)CC1. The summed E-state index contributed by atoms with van der Waals surface area (Å²) in [6.45, 7) is 5.07. The highest BCUT2D eigenvalue weighted by atomic mass is 16.6. The van der Waals surface area contributed by atoms with Gasteiger partial charge in [0.25, 0.3) is 5.91 Å². The van der Waals surface area contributed by atoms with Crippen molar-refractivity contribution in [3.63, 3.8) is 0 Å². The second kappa shape index (κ2) is 10.4. The van der Waals surface area contributed by atoms with E-state index >= 15 is 0 Å². The van der Waals surface area contributed by atoms with Gasteiger partial charge in [0.2, 0.25) is 5.91 Å². The van der Waals surface area contributed by atoms with Crippen molar-refractivity contribution in [2.75, 3.05) is 46.5 Å². The minimum absolute atomic E-state index is 0.200. The molecule has 0 unspecified atom stereocenters. The number of hydrogen-bond donors (Lipinski definition) is 1. The molecule has 0 spiro atoms. The fourth-order valence-corrected chi connectivity index (χ4v) is 2.82. The molecule has 9 nitrogen and oxygen atoms in total. The van der Waals surface area contributed by atoms with E-state index in [1.54, 1.807) is 47.9 Å². The van der Waals surface area contributed by atoms with Crippen LogP contribution < -0.4 is 14.8 Å². The Bertz CT molecular complexity index is 688. The number of piperazine rings is 1. The normalized spacial score (nSPS) is 14.8. The minimum atomic E-state index is -0.692. The molecule has 0 saturated carbocycles. The van der Waals surface area contributed by atoms with E-state index < -0.39 is 11.9 Å². The van der Waals surface area contributed by atoms with Crippen LogP contribution in [-0.2, 0) is 14.3 Å². The van der Waals surface area contributed by atoms with Gasteiger partial charge in [0.1, 0.15) is 6.04 Å². The molecule has 1 aliphatic rings. The van der Waals surface area contributed by atoms with Crippen LogP contribution in [0.3, 0.4) is 0 Å². The lowest BCUT2D eigenvalue weighted by molar-refractivity contribution is -0.137. The third-order valence-corrected chi connectivity index (χ3v) is 4.29. The number of rotatable bonds is 7. The van der Waals surface area contributed by atoms with Crippen LogP contribution in [0.4, 0.5) is 4.79 Å². The Hall–Kier alpha value is -2.97. The Kier molecular flexibility index (Phi) is 7.91. The Morgan fingerprint density at radius 2 is 1.68 bits per heavy atom. The van der Waals surface area contributed by atoms with Crippen LogP contribution in [0.2, 0.25) is 0 Å². The number of carbonyl (C=O) groups is 3. The van der Waals surface area contributed by atoms with Gasteiger partial charge < -0.3 is 29.3 Å². The lowest BCUT2D eigenvalue weighted by Gasteiger charge is -2.35. The summed E-state index contributed by atoms with van der Waals surface area (Å²) >= 11 is 0. The van der Waals surface area contributed by atoms with Crippen LogP contribution in [0.5, 0.6) is 11.5 Å². The summed E-state index contributed by atoms with van der Waals surface area (Å²) in [6.07, 6.45) is -0.371. The molecule has 0 bridgehead atoms. The van der Waals surface area contributed by atoms with Gasteiger partial charge >= 0.3 is 6.09 Å². The third kappa shape index (κ3) is 5.77. The Morgan fingerprint density at radius 1 is 1.07 bits per heavy atom. The first kappa shape index (κ1) is 21.3. The topological polar surface area (TPSA) is 97.4 Å². The molecule has 3 amide bonds. The van der Waals surface area contributed by atoms with E-state index in [9.17, 15) is 14.4 Å².